The number of thiophene rings is 1. The number of fused-ring (bicyclic) bond motifs is 4. The van der Waals surface area contributed by atoms with E-state index < -0.39 is 12.3 Å². The normalized spacial score (nSPS) is 16.0. The molecule has 1 N–H and O–H groups in total. The standard InChI is InChI=1S/C22H20F2N6O2S/c1-10-26-21-17(12-4-2-3-5-16(12)33-21)22(32)29(10)28-20(31)13-9-25-30-15(18(23)24)8-14(11-6-7-11)27-19(13)30/h8-9,11,18H,2-7H2,1H3,(H,28,31). The number of aromatic nitrogens is 5. The third-order valence-electron chi connectivity index (χ3n) is 6.35. The van der Waals surface area contributed by atoms with Crippen molar-refractivity contribution in [2.45, 2.75) is 57.8 Å². The van der Waals surface area contributed by atoms with E-state index in [2.05, 4.69) is 20.5 Å². The van der Waals surface area contributed by atoms with E-state index >= 15 is 0 Å². The lowest BCUT2D eigenvalue weighted by Gasteiger charge is -2.12. The number of amides is 1. The Kier molecular flexibility index (Phi) is 4.58. The predicted octanol–water partition coefficient (Wildman–Crippen LogP) is 3.89. The number of carbonyl (C=O) groups excluding carboxylic acids is 1. The van der Waals surface area contributed by atoms with Gasteiger partial charge in [0.05, 0.1) is 11.6 Å². The van der Waals surface area contributed by atoms with Crippen LogP contribution in [0.25, 0.3) is 15.9 Å². The number of halogens is 2. The largest absolute Gasteiger partial charge is 0.281 e. The number of hydrogen-bond acceptors (Lipinski definition) is 6. The van der Waals surface area contributed by atoms with Crippen molar-refractivity contribution in [3.63, 3.8) is 0 Å². The van der Waals surface area contributed by atoms with Gasteiger partial charge in [0, 0.05) is 16.5 Å². The fraction of sp³-hybridized carbons (Fsp3) is 0.409. The van der Waals surface area contributed by atoms with E-state index in [1.54, 1.807) is 6.92 Å². The van der Waals surface area contributed by atoms with Crippen LogP contribution >= 0.6 is 11.3 Å². The topological polar surface area (TPSA) is 94.2 Å². The highest BCUT2D eigenvalue weighted by Gasteiger charge is 2.29. The monoisotopic (exact) mass is 470 g/mol. The number of rotatable bonds is 4. The van der Waals surface area contributed by atoms with Crippen molar-refractivity contribution in [3.05, 3.63) is 55.8 Å². The average molecular weight is 471 g/mol. The maximum absolute atomic E-state index is 13.6. The Morgan fingerprint density at radius 2 is 2.03 bits per heavy atom. The highest BCUT2D eigenvalue weighted by atomic mass is 32.1. The van der Waals surface area contributed by atoms with Gasteiger partial charge in [-0.2, -0.15) is 5.10 Å². The molecule has 4 heterocycles. The molecule has 0 saturated heterocycles. The van der Waals surface area contributed by atoms with Gasteiger partial charge in [-0.1, -0.05) is 0 Å². The van der Waals surface area contributed by atoms with Crippen LogP contribution in [0.1, 0.15) is 76.0 Å². The Balaban J connectivity index is 1.43. The molecule has 0 bridgehead atoms. The van der Waals surface area contributed by atoms with E-state index in [9.17, 15) is 18.4 Å². The van der Waals surface area contributed by atoms with E-state index in [-0.39, 0.29) is 28.4 Å². The summed E-state index contributed by atoms with van der Waals surface area (Å²) >= 11 is 1.54. The minimum atomic E-state index is -2.76. The summed E-state index contributed by atoms with van der Waals surface area (Å²) in [6.45, 7) is 1.65. The summed E-state index contributed by atoms with van der Waals surface area (Å²) in [5, 5.41) is 4.53. The molecule has 8 nitrogen and oxygen atoms in total. The summed E-state index contributed by atoms with van der Waals surface area (Å²) in [6.07, 6.45) is 4.08. The van der Waals surface area contributed by atoms with E-state index in [0.717, 1.165) is 53.3 Å². The fourth-order valence-corrected chi connectivity index (χ4v) is 5.81. The molecule has 1 fully saturated rings. The van der Waals surface area contributed by atoms with E-state index in [0.29, 0.717) is 21.7 Å². The highest BCUT2D eigenvalue weighted by Crippen LogP contribution is 2.40. The first kappa shape index (κ1) is 20.4. The van der Waals surface area contributed by atoms with Gasteiger partial charge in [0.1, 0.15) is 21.9 Å². The number of hydrogen-bond donors (Lipinski definition) is 1. The Bertz CT molecular complexity index is 1500. The Morgan fingerprint density at radius 3 is 2.79 bits per heavy atom. The quantitative estimate of drug-likeness (QED) is 0.488. The first-order valence-corrected chi connectivity index (χ1v) is 11.8. The lowest BCUT2D eigenvalue weighted by molar-refractivity contribution is 0.101. The summed E-state index contributed by atoms with van der Waals surface area (Å²) in [7, 11) is 0. The molecule has 2 aliphatic carbocycles. The maximum atomic E-state index is 13.6. The van der Waals surface area contributed by atoms with Crippen LogP contribution in [0.2, 0.25) is 0 Å². The van der Waals surface area contributed by atoms with Crippen molar-refractivity contribution < 1.29 is 13.6 Å². The van der Waals surface area contributed by atoms with Gasteiger partial charge in [0.15, 0.2) is 5.65 Å². The van der Waals surface area contributed by atoms with Crippen molar-refractivity contribution in [2.24, 2.45) is 0 Å². The van der Waals surface area contributed by atoms with Crippen LogP contribution in [0.3, 0.4) is 0 Å². The molecular weight excluding hydrogens is 450 g/mol. The second-order valence-corrected chi connectivity index (χ2v) is 9.69. The molecule has 0 aromatic carbocycles. The summed E-state index contributed by atoms with van der Waals surface area (Å²) in [4.78, 5) is 37.4. The third-order valence-corrected chi connectivity index (χ3v) is 7.54. The molecule has 0 radical (unpaired) electrons. The van der Waals surface area contributed by atoms with Gasteiger partial charge in [0.25, 0.3) is 17.9 Å². The summed E-state index contributed by atoms with van der Waals surface area (Å²) in [5.41, 5.74) is 3.61. The fourth-order valence-electron chi connectivity index (χ4n) is 4.51. The summed E-state index contributed by atoms with van der Waals surface area (Å²) in [5.74, 6) is -0.184. The average Bonchev–Trinajstić information content (AvgIpc) is 3.45. The predicted molar refractivity (Wildman–Crippen MR) is 119 cm³/mol. The Morgan fingerprint density at radius 1 is 1.24 bits per heavy atom. The van der Waals surface area contributed by atoms with Gasteiger partial charge in [-0.15, -0.1) is 11.3 Å². The SMILES string of the molecule is Cc1nc2sc3c(c2c(=O)n1NC(=O)c1cnn2c(C(F)F)cc(C4CC4)nc12)CCCC3. The molecular formula is C22H20F2N6O2S. The van der Waals surface area contributed by atoms with Gasteiger partial charge < -0.3 is 0 Å². The maximum Gasteiger partial charge on any atom is 0.281 e. The molecule has 4 aromatic heterocycles. The molecule has 0 atom stereocenters. The molecule has 170 valence electrons. The molecule has 2 aliphatic rings. The molecule has 1 saturated carbocycles. The highest BCUT2D eigenvalue weighted by molar-refractivity contribution is 7.18. The third kappa shape index (κ3) is 3.25. The van der Waals surface area contributed by atoms with E-state index in [1.807, 2.05) is 0 Å². The number of alkyl halides is 2. The molecule has 0 unspecified atom stereocenters. The number of aryl methyl sites for hydroxylation is 3. The molecule has 0 aliphatic heterocycles. The Labute approximate surface area is 190 Å². The van der Waals surface area contributed by atoms with E-state index in [4.69, 9.17) is 0 Å². The van der Waals surface area contributed by atoms with Gasteiger partial charge in [0.2, 0.25) is 0 Å². The zero-order valence-corrected chi connectivity index (χ0v) is 18.6. The van der Waals surface area contributed by atoms with Crippen LogP contribution in [0.4, 0.5) is 8.78 Å². The number of nitrogens with one attached hydrogen (secondary N) is 1. The van der Waals surface area contributed by atoms with Crippen LogP contribution in [0.5, 0.6) is 0 Å². The first-order chi connectivity index (χ1) is 15.9. The van der Waals surface area contributed by atoms with Crippen molar-refractivity contribution >= 4 is 33.1 Å². The molecule has 0 spiro atoms. The molecule has 4 aromatic rings. The summed E-state index contributed by atoms with van der Waals surface area (Å²) < 4.78 is 29.4. The van der Waals surface area contributed by atoms with Crippen LogP contribution in [0.15, 0.2) is 17.1 Å². The zero-order chi connectivity index (χ0) is 22.9. The van der Waals surface area contributed by atoms with Gasteiger partial charge in [-0.25, -0.2) is 27.9 Å². The minimum absolute atomic E-state index is 0.0261. The lowest BCUT2D eigenvalue weighted by Crippen LogP contribution is -2.35. The van der Waals surface area contributed by atoms with Crippen LogP contribution < -0.4 is 11.0 Å². The Hall–Kier alpha value is -3.21. The van der Waals surface area contributed by atoms with Gasteiger partial charge in [-0.3, -0.25) is 15.0 Å². The van der Waals surface area contributed by atoms with Gasteiger partial charge >= 0.3 is 0 Å². The lowest BCUT2D eigenvalue weighted by atomic mass is 9.97. The van der Waals surface area contributed by atoms with Gasteiger partial charge in [-0.05, 0) is 57.1 Å². The first-order valence-electron chi connectivity index (χ1n) is 10.9. The van der Waals surface area contributed by atoms with Crippen LogP contribution in [-0.2, 0) is 12.8 Å². The second kappa shape index (κ2) is 7.41. The molecule has 11 heteroatoms. The van der Waals surface area contributed by atoms with Crippen LogP contribution in [0, 0.1) is 6.92 Å². The zero-order valence-electron chi connectivity index (χ0n) is 17.8. The van der Waals surface area contributed by atoms with Crippen molar-refractivity contribution in [1.29, 1.82) is 0 Å². The van der Waals surface area contributed by atoms with Crippen LogP contribution in [-0.4, -0.2) is 30.2 Å². The van der Waals surface area contributed by atoms with Crippen molar-refractivity contribution in [2.75, 3.05) is 5.43 Å². The minimum Gasteiger partial charge on any atom is -0.267 e. The summed E-state index contributed by atoms with van der Waals surface area (Å²) in [6, 6.07) is 1.36. The smallest absolute Gasteiger partial charge is 0.267 e. The van der Waals surface area contributed by atoms with Crippen molar-refractivity contribution in [1.82, 2.24) is 24.3 Å². The van der Waals surface area contributed by atoms with E-state index in [1.165, 1.54) is 28.5 Å². The van der Waals surface area contributed by atoms with Crippen molar-refractivity contribution in [3.8, 4) is 0 Å². The second-order valence-electron chi connectivity index (χ2n) is 8.61. The molecule has 33 heavy (non-hydrogen) atoms. The number of carbonyl (C=O) groups is 1. The number of nitrogens with zero attached hydrogens (tertiary/aromatic N) is 5. The molecule has 1 amide bonds. The molecule has 6 rings (SSSR count).